The van der Waals surface area contributed by atoms with E-state index in [1.807, 2.05) is 42.6 Å². The van der Waals surface area contributed by atoms with E-state index in [1.54, 1.807) is 6.20 Å². The van der Waals surface area contributed by atoms with Crippen LogP contribution in [-0.4, -0.2) is 19.7 Å². The van der Waals surface area contributed by atoms with Gasteiger partial charge in [0, 0.05) is 48.5 Å². The first kappa shape index (κ1) is 17.0. The smallest absolute Gasteiger partial charge is 0.130 e. The minimum atomic E-state index is 0.807. The number of rotatable bonds is 6. The highest BCUT2D eigenvalue weighted by Crippen LogP contribution is 2.25. The topological polar surface area (TPSA) is 55.6 Å². The van der Waals surface area contributed by atoms with Crippen molar-refractivity contribution in [2.45, 2.75) is 12.8 Å². The quantitative estimate of drug-likeness (QED) is 0.550. The zero-order valence-electron chi connectivity index (χ0n) is 15.3. The van der Waals surface area contributed by atoms with Crippen LogP contribution in [0.3, 0.4) is 0 Å². The molecule has 0 aliphatic carbocycles. The van der Waals surface area contributed by atoms with Crippen LogP contribution in [0.15, 0.2) is 79.7 Å². The number of fused-ring (bicyclic) bond motifs is 1. The van der Waals surface area contributed by atoms with Crippen molar-refractivity contribution in [3.63, 3.8) is 0 Å². The second kappa shape index (κ2) is 7.41. The summed E-state index contributed by atoms with van der Waals surface area (Å²) in [6.45, 7) is 4.13. The van der Waals surface area contributed by atoms with Crippen molar-refractivity contribution in [1.29, 1.82) is 0 Å². The van der Waals surface area contributed by atoms with E-state index in [9.17, 15) is 0 Å². The van der Waals surface area contributed by atoms with Crippen LogP contribution in [0.4, 0.5) is 5.82 Å². The molecule has 3 heterocycles. The van der Waals surface area contributed by atoms with Gasteiger partial charge < -0.3 is 5.32 Å². The van der Waals surface area contributed by atoms with Gasteiger partial charge in [-0.1, -0.05) is 24.8 Å². The maximum atomic E-state index is 4.51. The summed E-state index contributed by atoms with van der Waals surface area (Å²) in [6.07, 6.45) is 11.2. The summed E-state index contributed by atoms with van der Waals surface area (Å²) < 4.78 is 1.81. The molecule has 134 valence electrons. The summed E-state index contributed by atoms with van der Waals surface area (Å²) in [6, 6.07) is 12.4. The fourth-order valence-corrected chi connectivity index (χ4v) is 3.04. The van der Waals surface area contributed by atoms with Crippen LogP contribution in [0.25, 0.3) is 21.9 Å². The third-order valence-electron chi connectivity index (χ3n) is 4.50. The predicted molar refractivity (Wildman–Crippen MR) is 109 cm³/mol. The van der Waals surface area contributed by atoms with Crippen molar-refractivity contribution < 1.29 is 0 Å². The summed E-state index contributed by atoms with van der Waals surface area (Å²) >= 11 is 0. The average Bonchev–Trinajstić information content (AvgIpc) is 3.13. The summed E-state index contributed by atoms with van der Waals surface area (Å²) in [4.78, 5) is 8.65. The van der Waals surface area contributed by atoms with Crippen molar-refractivity contribution in [3.8, 4) is 11.1 Å². The van der Waals surface area contributed by atoms with E-state index < -0.39 is 0 Å². The van der Waals surface area contributed by atoms with Crippen LogP contribution in [0.2, 0.25) is 0 Å². The molecule has 0 unspecified atom stereocenters. The summed E-state index contributed by atoms with van der Waals surface area (Å²) in [7, 11) is 1.92. The van der Waals surface area contributed by atoms with Gasteiger partial charge >= 0.3 is 0 Å². The Kier molecular flexibility index (Phi) is 4.66. The van der Waals surface area contributed by atoms with Gasteiger partial charge in [-0.05, 0) is 47.6 Å². The molecule has 1 N–H and O–H groups in total. The molecule has 4 aromatic rings. The van der Waals surface area contributed by atoms with Crippen molar-refractivity contribution >= 4 is 16.6 Å². The molecule has 0 fully saturated rings. The average molecular weight is 355 g/mol. The third kappa shape index (κ3) is 4.03. The van der Waals surface area contributed by atoms with Gasteiger partial charge in [0.2, 0.25) is 0 Å². The number of nitrogens with zero attached hydrogens (tertiary/aromatic N) is 4. The minimum Gasteiger partial charge on any atom is -0.344 e. The van der Waals surface area contributed by atoms with E-state index in [1.165, 1.54) is 5.56 Å². The molecular formula is C22H21N5. The van der Waals surface area contributed by atoms with Gasteiger partial charge in [0.25, 0.3) is 0 Å². The molecule has 0 saturated heterocycles. The zero-order chi connectivity index (χ0) is 18.6. The van der Waals surface area contributed by atoms with Crippen LogP contribution in [0.1, 0.15) is 12.0 Å². The molecule has 0 amide bonds. The maximum Gasteiger partial charge on any atom is 0.130 e. The minimum absolute atomic E-state index is 0.807. The number of hydrogen-bond donors (Lipinski definition) is 1. The molecule has 5 nitrogen and oxygen atoms in total. The molecule has 4 rings (SSSR count). The van der Waals surface area contributed by atoms with Gasteiger partial charge in [-0.25, -0.2) is 4.98 Å². The Hall–Kier alpha value is -3.47. The SMILES string of the molecule is C=C(CCc1cccnc1)Nc1cc2cc(-c3cnn(C)c3)ccc2cn1. The molecule has 0 atom stereocenters. The second-order valence-electron chi connectivity index (χ2n) is 6.62. The largest absolute Gasteiger partial charge is 0.344 e. The molecule has 0 bridgehead atoms. The van der Waals surface area contributed by atoms with Crippen LogP contribution in [0, 0.1) is 0 Å². The van der Waals surface area contributed by atoms with Gasteiger partial charge in [0.05, 0.1) is 6.20 Å². The predicted octanol–water partition coefficient (Wildman–Crippen LogP) is 4.59. The van der Waals surface area contributed by atoms with Gasteiger partial charge in [0.15, 0.2) is 0 Å². The number of benzene rings is 1. The fourth-order valence-electron chi connectivity index (χ4n) is 3.04. The van der Waals surface area contributed by atoms with E-state index in [0.717, 1.165) is 46.3 Å². The molecular weight excluding hydrogens is 334 g/mol. The maximum absolute atomic E-state index is 4.51. The van der Waals surface area contributed by atoms with E-state index in [4.69, 9.17) is 0 Å². The number of allylic oxidation sites excluding steroid dienone is 1. The summed E-state index contributed by atoms with van der Waals surface area (Å²) in [5.41, 5.74) is 4.39. The van der Waals surface area contributed by atoms with E-state index in [0.29, 0.717) is 0 Å². The van der Waals surface area contributed by atoms with Crippen LogP contribution >= 0.6 is 0 Å². The highest BCUT2D eigenvalue weighted by Gasteiger charge is 2.05. The Morgan fingerprint density at radius 2 is 2.00 bits per heavy atom. The third-order valence-corrected chi connectivity index (χ3v) is 4.50. The molecule has 5 heteroatoms. The molecule has 1 aromatic carbocycles. The zero-order valence-corrected chi connectivity index (χ0v) is 15.3. The van der Waals surface area contributed by atoms with Gasteiger partial charge in [0.1, 0.15) is 5.82 Å². The molecule has 0 spiro atoms. The lowest BCUT2D eigenvalue weighted by Gasteiger charge is -2.10. The van der Waals surface area contributed by atoms with Gasteiger partial charge in [-0.3, -0.25) is 9.67 Å². The second-order valence-corrected chi connectivity index (χ2v) is 6.62. The van der Waals surface area contributed by atoms with Crippen LogP contribution < -0.4 is 5.32 Å². The van der Waals surface area contributed by atoms with E-state index in [-0.39, 0.29) is 0 Å². The molecule has 0 aliphatic rings. The number of hydrogen-bond acceptors (Lipinski definition) is 4. The van der Waals surface area contributed by atoms with Crippen LogP contribution in [0.5, 0.6) is 0 Å². The van der Waals surface area contributed by atoms with Crippen molar-refractivity contribution in [1.82, 2.24) is 19.7 Å². The van der Waals surface area contributed by atoms with Gasteiger partial charge in [-0.15, -0.1) is 0 Å². The lowest BCUT2D eigenvalue weighted by atomic mass is 10.0. The lowest BCUT2D eigenvalue weighted by Crippen LogP contribution is -2.01. The van der Waals surface area contributed by atoms with E-state index in [2.05, 4.69) is 57.3 Å². The first-order valence-corrected chi connectivity index (χ1v) is 8.90. The molecule has 3 aromatic heterocycles. The standard InChI is InChI=1S/C22H21N5/c1-16(5-6-17-4-3-9-23-12-17)26-22-11-20-10-18(7-8-19(20)13-24-22)21-14-25-27(2)15-21/h3-4,7-15H,1,5-6H2,2H3,(H,24,26). The highest BCUT2D eigenvalue weighted by atomic mass is 15.2. The monoisotopic (exact) mass is 355 g/mol. The van der Waals surface area contributed by atoms with E-state index >= 15 is 0 Å². The number of nitrogens with one attached hydrogen (secondary N) is 1. The normalized spacial score (nSPS) is 10.9. The number of pyridine rings is 2. The molecule has 27 heavy (non-hydrogen) atoms. The number of anilines is 1. The highest BCUT2D eigenvalue weighted by molar-refractivity contribution is 5.88. The number of aryl methyl sites for hydroxylation is 2. The summed E-state index contributed by atoms with van der Waals surface area (Å²) in [5, 5.41) is 9.82. The van der Waals surface area contributed by atoms with Crippen LogP contribution in [-0.2, 0) is 13.5 Å². The Morgan fingerprint density at radius 3 is 2.78 bits per heavy atom. The van der Waals surface area contributed by atoms with Crippen molar-refractivity contribution in [3.05, 3.63) is 85.2 Å². The Bertz CT molecular complexity index is 1080. The molecule has 0 radical (unpaired) electrons. The van der Waals surface area contributed by atoms with Crippen molar-refractivity contribution in [2.24, 2.45) is 7.05 Å². The molecule has 0 aliphatic heterocycles. The fraction of sp³-hybridized carbons (Fsp3) is 0.136. The number of aromatic nitrogens is 4. The first-order chi connectivity index (χ1) is 13.2. The Labute approximate surface area is 158 Å². The Morgan fingerprint density at radius 1 is 1.07 bits per heavy atom. The van der Waals surface area contributed by atoms with Gasteiger partial charge in [-0.2, -0.15) is 5.10 Å². The lowest BCUT2D eigenvalue weighted by molar-refractivity contribution is 0.768. The first-order valence-electron chi connectivity index (χ1n) is 8.90. The molecule has 0 saturated carbocycles. The summed E-state index contributed by atoms with van der Waals surface area (Å²) in [5.74, 6) is 0.807. The van der Waals surface area contributed by atoms with Crippen molar-refractivity contribution in [2.75, 3.05) is 5.32 Å². The Balaban J connectivity index is 1.49.